The zero-order valence-corrected chi connectivity index (χ0v) is 11.6. The minimum absolute atomic E-state index is 0.122. The third-order valence-electron chi connectivity index (χ3n) is 4.54. The van der Waals surface area contributed by atoms with Crippen molar-refractivity contribution in [2.45, 2.75) is 27.7 Å². The van der Waals surface area contributed by atoms with Crippen LogP contribution < -0.4 is 0 Å². The molecule has 0 heteroatoms. The highest BCUT2D eigenvalue weighted by atomic mass is 14.4. The van der Waals surface area contributed by atoms with Gasteiger partial charge in [-0.05, 0) is 33.8 Å². The summed E-state index contributed by atoms with van der Waals surface area (Å²) < 4.78 is 0. The first-order valence-electron chi connectivity index (χ1n) is 6.64. The maximum Gasteiger partial charge on any atom is 0.00938 e. The van der Waals surface area contributed by atoms with Crippen molar-refractivity contribution >= 4 is 11.6 Å². The van der Waals surface area contributed by atoms with Gasteiger partial charge in [-0.25, -0.2) is 0 Å². The van der Waals surface area contributed by atoms with Crippen LogP contribution in [0.3, 0.4) is 0 Å². The molecule has 0 amide bonds. The molecule has 0 fully saturated rings. The van der Waals surface area contributed by atoms with Gasteiger partial charge in [0.15, 0.2) is 0 Å². The topological polar surface area (TPSA) is 0 Å². The van der Waals surface area contributed by atoms with E-state index in [1.165, 1.54) is 22.3 Å². The molecule has 0 radical (unpaired) electrons. The lowest BCUT2D eigenvalue weighted by Crippen LogP contribution is -2.30. The van der Waals surface area contributed by atoms with Crippen molar-refractivity contribution in [3.8, 4) is 0 Å². The van der Waals surface area contributed by atoms with Crippen LogP contribution in [0.1, 0.15) is 38.8 Å². The Hall–Kier alpha value is -1.56. The Morgan fingerprint density at radius 1 is 1.06 bits per heavy atom. The van der Waals surface area contributed by atoms with E-state index in [1.54, 1.807) is 0 Å². The molecule has 0 saturated carbocycles. The van der Waals surface area contributed by atoms with Crippen molar-refractivity contribution in [1.82, 2.24) is 0 Å². The van der Waals surface area contributed by atoms with E-state index < -0.39 is 0 Å². The summed E-state index contributed by atoms with van der Waals surface area (Å²) in [6.45, 7) is 9.26. The smallest absolute Gasteiger partial charge is 0.00938 e. The van der Waals surface area contributed by atoms with Gasteiger partial charge in [-0.15, -0.1) is 0 Å². The normalized spacial score (nSPS) is 25.3. The van der Waals surface area contributed by atoms with Crippen LogP contribution in [0.2, 0.25) is 0 Å². The second-order valence-electron chi connectivity index (χ2n) is 6.61. The molecule has 0 aromatic heterocycles. The lowest BCUT2D eigenvalue weighted by Gasteiger charge is -2.39. The van der Waals surface area contributed by atoms with E-state index in [2.05, 4.69) is 76.3 Å². The van der Waals surface area contributed by atoms with Crippen LogP contribution >= 0.6 is 0 Å². The SMILES string of the molecule is CC(C)(C)C1(C)C=CC2=Cc3ccccc3C2=C1. The van der Waals surface area contributed by atoms with E-state index in [-0.39, 0.29) is 10.8 Å². The molecule has 2 aliphatic carbocycles. The maximum absolute atomic E-state index is 2.45. The molecule has 1 aromatic rings. The van der Waals surface area contributed by atoms with Gasteiger partial charge >= 0.3 is 0 Å². The second kappa shape index (κ2) is 3.47. The van der Waals surface area contributed by atoms with Crippen LogP contribution in [-0.4, -0.2) is 0 Å². The molecule has 1 aromatic carbocycles. The van der Waals surface area contributed by atoms with Crippen LogP contribution in [0.5, 0.6) is 0 Å². The summed E-state index contributed by atoms with van der Waals surface area (Å²) in [4.78, 5) is 0. The lowest BCUT2D eigenvalue weighted by molar-refractivity contribution is 0.228. The molecule has 18 heavy (non-hydrogen) atoms. The highest BCUT2D eigenvalue weighted by molar-refractivity contribution is 5.97. The van der Waals surface area contributed by atoms with Gasteiger partial charge in [0.1, 0.15) is 0 Å². The number of rotatable bonds is 0. The molecule has 0 nitrogen and oxygen atoms in total. The predicted octanol–water partition coefficient (Wildman–Crippen LogP) is 5.09. The molecule has 0 aliphatic heterocycles. The first kappa shape index (κ1) is 11.5. The maximum atomic E-state index is 2.45. The van der Waals surface area contributed by atoms with Gasteiger partial charge in [0.25, 0.3) is 0 Å². The van der Waals surface area contributed by atoms with Gasteiger partial charge in [-0.3, -0.25) is 0 Å². The fourth-order valence-electron chi connectivity index (χ4n) is 2.65. The standard InChI is InChI=1S/C18H20/c1-17(2,3)18(4)10-9-14-11-13-7-5-6-8-15(13)16(14)12-18/h5-12H,1-4H3. The number of hydrogen-bond donors (Lipinski definition) is 0. The number of fused-ring (bicyclic) bond motifs is 3. The summed E-state index contributed by atoms with van der Waals surface area (Å²) >= 11 is 0. The minimum atomic E-state index is 0.122. The monoisotopic (exact) mass is 236 g/mol. The Morgan fingerprint density at radius 3 is 2.50 bits per heavy atom. The lowest BCUT2D eigenvalue weighted by atomic mass is 9.65. The Bertz CT molecular complexity index is 591. The molecule has 1 atom stereocenters. The van der Waals surface area contributed by atoms with Gasteiger partial charge in [0.05, 0.1) is 0 Å². The third-order valence-corrected chi connectivity index (χ3v) is 4.54. The van der Waals surface area contributed by atoms with Gasteiger partial charge in [-0.1, -0.05) is 70.2 Å². The van der Waals surface area contributed by atoms with E-state index in [0.717, 1.165) is 0 Å². The highest BCUT2D eigenvalue weighted by Gasteiger charge is 2.36. The van der Waals surface area contributed by atoms with Crippen LogP contribution in [0.4, 0.5) is 0 Å². The first-order chi connectivity index (χ1) is 8.41. The zero-order chi connectivity index (χ0) is 13.0. The Labute approximate surface area is 110 Å². The quantitative estimate of drug-likeness (QED) is 0.588. The van der Waals surface area contributed by atoms with Gasteiger partial charge in [0, 0.05) is 5.41 Å². The number of benzene rings is 1. The Kier molecular flexibility index (Phi) is 2.22. The third kappa shape index (κ3) is 1.52. The van der Waals surface area contributed by atoms with Crippen LogP contribution in [0, 0.1) is 10.8 Å². The molecule has 2 aliphatic rings. The van der Waals surface area contributed by atoms with Gasteiger partial charge in [-0.2, -0.15) is 0 Å². The zero-order valence-electron chi connectivity index (χ0n) is 11.6. The summed E-state index contributed by atoms with van der Waals surface area (Å²) in [5, 5.41) is 0. The molecular weight excluding hydrogens is 216 g/mol. The van der Waals surface area contributed by atoms with Crippen molar-refractivity contribution < 1.29 is 0 Å². The molecule has 0 spiro atoms. The molecule has 0 saturated heterocycles. The van der Waals surface area contributed by atoms with Crippen molar-refractivity contribution in [2.24, 2.45) is 10.8 Å². The summed E-state index contributed by atoms with van der Waals surface area (Å²) in [6.07, 6.45) is 9.39. The summed E-state index contributed by atoms with van der Waals surface area (Å²) in [5.74, 6) is 0. The van der Waals surface area contributed by atoms with E-state index in [1.807, 2.05) is 0 Å². The number of allylic oxidation sites excluding steroid dienone is 5. The largest absolute Gasteiger partial charge is 0.0736 e. The second-order valence-corrected chi connectivity index (χ2v) is 6.61. The first-order valence-corrected chi connectivity index (χ1v) is 6.64. The van der Waals surface area contributed by atoms with Crippen molar-refractivity contribution in [2.75, 3.05) is 0 Å². The Morgan fingerprint density at radius 2 is 1.78 bits per heavy atom. The fourth-order valence-corrected chi connectivity index (χ4v) is 2.65. The van der Waals surface area contributed by atoms with Crippen LogP contribution in [0.15, 0.2) is 48.1 Å². The predicted molar refractivity (Wildman–Crippen MR) is 79.1 cm³/mol. The average molecular weight is 236 g/mol. The van der Waals surface area contributed by atoms with Crippen LogP contribution in [0.25, 0.3) is 11.6 Å². The number of hydrogen-bond acceptors (Lipinski definition) is 0. The van der Waals surface area contributed by atoms with E-state index in [0.29, 0.717) is 0 Å². The summed E-state index contributed by atoms with van der Waals surface area (Å²) in [7, 11) is 0. The Balaban J connectivity index is 2.16. The molecule has 3 rings (SSSR count). The van der Waals surface area contributed by atoms with E-state index in [9.17, 15) is 0 Å². The van der Waals surface area contributed by atoms with Crippen molar-refractivity contribution in [1.29, 1.82) is 0 Å². The molecule has 92 valence electrons. The molecule has 0 heterocycles. The summed E-state index contributed by atoms with van der Waals surface area (Å²) in [6, 6.07) is 8.67. The molecule has 0 N–H and O–H groups in total. The molecule has 0 bridgehead atoms. The van der Waals surface area contributed by atoms with Crippen LogP contribution in [-0.2, 0) is 0 Å². The fraction of sp³-hybridized carbons (Fsp3) is 0.333. The minimum Gasteiger partial charge on any atom is -0.0736 e. The summed E-state index contributed by atoms with van der Waals surface area (Å²) in [5.41, 5.74) is 5.86. The van der Waals surface area contributed by atoms with Crippen molar-refractivity contribution in [3.05, 3.63) is 59.2 Å². The average Bonchev–Trinajstić information content (AvgIpc) is 2.66. The molecule has 1 unspecified atom stereocenters. The van der Waals surface area contributed by atoms with Gasteiger partial charge in [0.2, 0.25) is 0 Å². The van der Waals surface area contributed by atoms with E-state index >= 15 is 0 Å². The van der Waals surface area contributed by atoms with Crippen molar-refractivity contribution in [3.63, 3.8) is 0 Å². The highest BCUT2D eigenvalue weighted by Crippen LogP contribution is 2.49. The van der Waals surface area contributed by atoms with Gasteiger partial charge < -0.3 is 0 Å². The molecular formula is C18H20. The van der Waals surface area contributed by atoms with E-state index in [4.69, 9.17) is 0 Å².